The standard InChI is InChI=1S/C16H28N2O/c1-12-8-13(2)16(14(3)9-12)11-18-15(4)10-17-6-7-19-5/h8-9,15,17-18H,6-7,10-11H2,1-5H3. The number of methoxy groups -OCH3 is 1. The van der Waals surface area contributed by atoms with Crippen molar-refractivity contribution < 1.29 is 4.74 Å². The van der Waals surface area contributed by atoms with Gasteiger partial charge >= 0.3 is 0 Å². The second-order valence-corrected chi connectivity index (χ2v) is 5.36. The molecule has 0 aliphatic heterocycles. The Hall–Kier alpha value is -0.900. The van der Waals surface area contributed by atoms with Crippen LogP contribution in [0.25, 0.3) is 0 Å². The Labute approximate surface area is 117 Å². The summed E-state index contributed by atoms with van der Waals surface area (Å²) in [4.78, 5) is 0. The van der Waals surface area contributed by atoms with Crippen LogP contribution >= 0.6 is 0 Å². The summed E-state index contributed by atoms with van der Waals surface area (Å²) >= 11 is 0. The van der Waals surface area contributed by atoms with Crippen molar-refractivity contribution in [3.8, 4) is 0 Å². The summed E-state index contributed by atoms with van der Waals surface area (Å²) < 4.78 is 5.01. The van der Waals surface area contributed by atoms with Gasteiger partial charge in [0.2, 0.25) is 0 Å². The van der Waals surface area contributed by atoms with Gasteiger partial charge in [0, 0.05) is 32.8 Å². The Kier molecular flexibility index (Phi) is 7.06. The fourth-order valence-corrected chi connectivity index (χ4v) is 2.33. The number of benzene rings is 1. The van der Waals surface area contributed by atoms with E-state index in [4.69, 9.17) is 4.74 Å². The van der Waals surface area contributed by atoms with E-state index in [0.717, 1.165) is 26.2 Å². The lowest BCUT2D eigenvalue weighted by molar-refractivity contribution is 0.198. The third kappa shape index (κ3) is 5.72. The summed E-state index contributed by atoms with van der Waals surface area (Å²) in [5.41, 5.74) is 5.52. The molecule has 1 aromatic carbocycles. The topological polar surface area (TPSA) is 33.3 Å². The van der Waals surface area contributed by atoms with Gasteiger partial charge in [0.15, 0.2) is 0 Å². The third-order valence-corrected chi connectivity index (χ3v) is 3.40. The predicted octanol–water partition coefficient (Wildman–Crippen LogP) is 2.33. The lowest BCUT2D eigenvalue weighted by atomic mass is 9.99. The van der Waals surface area contributed by atoms with Crippen LogP contribution in [-0.4, -0.2) is 32.8 Å². The van der Waals surface area contributed by atoms with Gasteiger partial charge in [0.1, 0.15) is 0 Å². The molecule has 1 unspecified atom stereocenters. The molecule has 1 atom stereocenters. The highest BCUT2D eigenvalue weighted by Gasteiger charge is 2.06. The number of ether oxygens (including phenoxy) is 1. The molecule has 0 aliphatic rings. The average molecular weight is 264 g/mol. The van der Waals surface area contributed by atoms with Crippen LogP contribution in [0.15, 0.2) is 12.1 Å². The first-order valence-electron chi connectivity index (χ1n) is 7.04. The Morgan fingerprint density at radius 2 is 1.79 bits per heavy atom. The van der Waals surface area contributed by atoms with Crippen LogP contribution < -0.4 is 10.6 Å². The minimum atomic E-state index is 0.456. The van der Waals surface area contributed by atoms with Crippen LogP contribution in [0.5, 0.6) is 0 Å². The minimum Gasteiger partial charge on any atom is -0.383 e. The first-order valence-corrected chi connectivity index (χ1v) is 7.04. The zero-order chi connectivity index (χ0) is 14.3. The molecule has 3 nitrogen and oxygen atoms in total. The van der Waals surface area contributed by atoms with Crippen LogP contribution in [-0.2, 0) is 11.3 Å². The minimum absolute atomic E-state index is 0.456. The van der Waals surface area contributed by atoms with Crippen LogP contribution in [0.1, 0.15) is 29.2 Å². The molecule has 0 aliphatic carbocycles. The van der Waals surface area contributed by atoms with Gasteiger partial charge in [-0.3, -0.25) is 0 Å². The van der Waals surface area contributed by atoms with Gasteiger partial charge in [-0.05, 0) is 44.4 Å². The summed E-state index contributed by atoms with van der Waals surface area (Å²) in [5, 5.41) is 6.95. The molecule has 0 saturated heterocycles. The fraction of sp³-hybridized carbons (Fsp3) is 0.625. The monoisotopic (exact) mass is 264 g/mol. The van der Waals surface area contributed by atoms with E-state index in [-0.39, 0.29) is 0 Å². The van der Waals surface area contributed by atoms with Crippen molar-refractivity contribution in [1.29, 1.82) is 0 Å². The van der Waals surface area contributed by atoms with Crippen molar-refractivity contribution in [2.75, 3.05) is 26.8 Å². The van der Waals surface area contributed by atoms with Gasteiger partial charge in [-0.15, -0.1) is 0 Å². The molecule has 0 amide bonds. The van der Waals surface area contributed by atoms with Crippen LogP contribution in [0, 0.1) is 20.8 Å². The van der Waals surface area contributed by atoms with Gasteiger partial charge in [0.25, 0.3) is 0 Å². The normalized spacial score (nSPS) is 12.7. The molecule has 1 aromatic rings. The number of aryl methyl sites for hydroxylation is 3. The maximum Gasteiger partial charge on any atom is 0.0587 e. The highest BCUT2D eigenvalue weighted by molar-refractivity contribution is 5.37. The van der Waals surface area contributed by atoms with Gasteiger partial charge in [-0.25, -0.2) is 0 Å². The molecule has 108 valence electrons. The lowest BCUT2D eigenvalue weighted by Gasteiger charge is -2.17. The van der Waals surface area contributed by atoms with E-state index in [1.54, 1.807) is 7.11 Å². The molecule has 0 radical (unpaired) electrons. The molecular weight excluding hydrogens is 236 g/mol. The van der Waals surface area contributed by atoms with Crippen molar-refractivity contribution in [2.45, 2.75) is 40.3 Å². The van der Waals surface area contributed by atoms with E-state index in [1.807, 2.05) is 0 Å². The van der Waals surface area contributed by atoms with Gasteiger partial charge in [0.05, 0.1) is 6.61 Å². The fourth-order valence-electron chi connectivity index (χ4n) is 2.33. The van der Waals surface area contributed by atoms with Crippen molar-refractivity contribution in [1.82, 2.24) is 10.6 Å². The molecule has 3 heteroatoms. The van der Waals surface area contributed by atoms with E-state index in [0.29, 0.717) is 6.04 Å². The average Bonchev–Trinajstić information content (AvgIpc) is 2.33. The molecule has 2 N–H and O–H groups in total. The highest BCUT2D eigenvalue weighted by Crippen LogP contribution is 2.16. The van der Waals surface area contributed by atoms with E-state index in [2.05, 4.69) is 50.5 Å². The molecule has 0 spiro atoms. The molecule has 0 fully saturated rings. The summed E-state index contributed by atoms with van der Waals surface area (Å²) in [6.07, 6.45) is 0. The third-order valence-electron chi connectivity index (χ3n) is 3.40. The molecule has 0 bridgehead atoms. The van der Waals surface area contributed by atoms with Crippen LogP contribution in [0.2, 0.25) is 0 Å². The number of hydrogen-bond donors (Lipinski definition) is 2. The second-order valence-electron chi connectivity index (χ2n) is 5.36. The van der Waals surface area contributed by atoms with E-state index >= 15 is 0 Å². The second kappa shape index (κ2) is 8.31. The van der Waals surface area contributed by atoms with Crippen LogP contribution in [0.3, 0.4) is 0 Å². The Morgan fingerprint density at radius 1 is 1.16 bits per heavy atom. The zero-order valence-corrected chi connectivity index (χ0v) is 13.0. The summed E-state index contributed by atoms with van der Waals surface area (Å²) in [7, 11) is 1.73. The number of nitrogens with one attached hydrogen (secondary N) is 2. The van der Waals surface area contributed by atoms with E-state index < -0.39 is 0 Å². The quantitative estimate of drug-likeness (QED) is 0.707. The van der Waals surface area contributed by atoms with Crippen molar-refractivity contribution in [3.05, 3.63) is 34.4 Å². The SMILES string of the molecule is COCCNCC(C)NCc1c(C)cc(C)cc1C. The summed E-state index contributed by atoms with van der Waals surface area (Å²) in [5.74, 6) is 0. The van der Waals surface area contributed by atoms with Gasteiger partial charge in [-0.2, -0.15) is 0 Å². The molecule has 0 saturated carbocycles. The van der Waals surface area contributed by atoms with Crippen molar-refractivity contribution in [2.24, 2.45) is 0 Å². The lowest BCUT2D eigenvalue weighted by Crippen LogP contribution is -2.37. The highest BCUT2D eigenvalue weighted by atomic mass is 16.5. The summed E-state index contributed by atoms with van der Waals surface area (Å²) in [6.45, 7) is 12.3. The Bertz CT molecular complexity index is 367. The zero-order valence-electron chi connectivity index (χ0n) is 13.0. The van der Waals surface area contributed by atoms with E-state index in [9.17, 15) is 0 Å². The maximum absolute atomic E-state index is 5.01. The van der Waals surface area contributed by atoms with Gasteiger partial charge < -0.3 is 15.4 Å². The molecular formula is C16H28N2O. The Balaban J connectivity index is 2.40. The predicted molar refractivity (Wildman–Crippen MR) is 81.7 cm³/mol. The van der Waals surface area contributed by atoms with Crippen molar-refractivity contribution in [3.63, 3.8) is 0 Å². The number of rotatable bonds is 8. The summed E-state index contributed by atoms with van der Waals surface area (Å²) in [6, 6.07) is 4.97. The first kappa shape index (κ1) is 16.2. The van der Waals surface area contributed by atoms with Crippen LogP contribution in [0.4, 0.5) is 0 Å². The molecule has 19 heavy (non-hydrogen) atoms. The van der Waals surface area contributed by atoms with Crippen molar-refractivity contribution >= 4 is 0 Å². The molecule has 0 heterocycles. The van der Waals surface area contributed by atoms with Gasteiger partial charge in [-0.1, -0.05) is 17.7 Å². The first-order chi connectivity index (χ1) is 9.04. The largest absolute Gasteiger partial charge is 0.383 e. The van der Waals surface area contributed by atoms with E-state index in [1.165, 1.54) is 22.3 Å². The molecule has 0 aromatic heterocycles. The Morgan fingerprint density at radius 3 is 2.37 bits per heavy atom. The maximum atomic E-state index is 5.01. The number of hydrogen-bond acceptors (Lipinski definition) is 3. The smallest absolute Gasteiger partial charge is 0.0587 e. The molecule has 1 rings (SSSR count).